The zero-order chi connectivity index (χ0) is 17.6. The van der Waals surface area contributed by atoms with Crippen LogP contribution in [0.4, 0.5) is 5.69 Å². The molecule has 1 aliphatic heterocycles. The van der Waals surface area contributed by atoms with E-state index in [0.29, 0.717) is 30.0 Å². The molecule has 142 valence electrons. The third-order valence-electron chi connectivity index (χ3n) is 6.29. The van der Waals surface area contributed by atoms with E-state index in [1.165, 1.54) is 19.3 Å². The van der Waals surface area contributed by atoms with Crippen LogP contribution in [0.25, 0.3) is 0 Å². The summed E-state index contributed by atoms with van der Waals surface area (Å²) < 4.78 is 0. The van der Waals surface area contributed by atoms with Crippen LogP contribution in [-0.2, 0) is 11.2 Å². The van der Waals surface area contributed by atoms with Crippen LogP contribution in [0.2, 0.25) is 0 Å². The van der Waals surface area contributed by atoms with Gasteiger partial charge in [0.25, 0.3) is 5.91 Å². The molecule has 0 aromatic heterocycles. The maximum Gasteiger partial charge on any atom is 0.251 e. The monoisotopic (exact) mass is 377 g/mol. The van der Waals surface area contributed by atoms with E-state index in [1.54, 1.807) is 11.8 Å². The van der Waals surface area contributed by atoms with Crippen LogP contribution in [0.5, 0.6) is 0 Å². The third-order valence-corrected chi connectivity index (χ3v) is 6.29. The fourth-order valence-corrected chi connectivity index (χ4v) is 5.13. The first-order valence-corrected chi connectivity index (χ1v) is 9.50. The number of carbonyl (C=O) groups is 2. The topological polar surface area (TPSA) is 75.4 Å². The Labute approximate surface area is 161 Å². The molecule has 1 heterocycles. The largest absolute Gasteiger partial charge is 0.349 e. The zero-order valence-corrected chi connectivity index (χ0v) is 16.1. The lowest BCUT2D eigenvalue weighted by Gasteiger charge is -2.45. The highest BCUT2D eigenvalue weighted by molar-refractivity contribution is 5.98. The zero-order valence-electron chi connectivity index (χ0n) is 15.2. The Bertz CT molecular complexity index is 694. The number of benzene rings is 1. The van der Waals surface area contributed by atoms with Crippen LogP contribution in [0.15, 0.2) is 18.2 Å². The van der Waals surface area contributed by atoms with Gasteiger partial charge >= 0.3 is 0 Å². The number of amides is 2. The van der Waals surface area contributed by atoms with Gasteiger partial charge in [0.2, 0.25) is 5.91 Å². The lowest BCUT2D eigenvalue weighted by molar-refractivity contribution is -0.116. The van der Waals surface area contributed by atoms with Crippen molar-refractivity contribution >= 4 is 29.9 Å². The molecule has 2 amide bonds. The van der Waals surface area contributed by atoms with Gasteiger partial charge in [-0.25, -0.2) is 0 Å². The van der Waals surface area contributed by atoms with E-state index in [-0.39, 0.29) is 30.3 Å². The normalized spacial score (nSPS) is 29.5. The quantitative estimate of drug-likeness (QED) is 0.831. The highest BCUT2D eigenvalue weighted by atomic mass is 35.5. The summed E-state index contributed by atoms with van der Waals surface area (Å²) in [5, 5.41) is 3.31. The Hall–Kier alpha value is -1.59. The SMILES string of the molecule is CC(=O)N1CCc2cc(C(=O)NC3C4CCCC3CC(N)C4)ccc21.Cl. The van der Waals surface area contributed by atoms with E-state index in [1.807, 2.05) is 18.2 Å². The maximum atomic E-state index is 12.8. The average molecular weight is 378 g/mol. The lowest BCUT2D eigenvalue weighted by Crippen LogP contribution is -2.53. The molecule has 3 aliphatic rings. The van der Waals surface area contributed by atoms with Gasteiger partial charge in [0.05, 0.1) is 0 Å². The van der Waals surface area contributed by atoms with E-state index in [0.717, 1.165) is 30.5 Å². The molecule has 6 heteroatoms. The summed E-state index contributed by atoms with van der Waals surface area (Å²) in [6.07, 6.45) is 6.48. The first kappa shape index (κ1) is 19.2. The van der Waals surface area contributed by atoms with Crippen LogP contribution >= 0.6 is 12.4 Å². The summed E-state index contributed by atoms with van der Waals surface area (Å²) >= 11 is 0. The summed E-state index contributed by atoms with van der Waals surface area (Å²) in [6.45, 7) is 2.29. The second kappa shape index (κ2) is 7.57. The Balaban J connectivity index is 0.00000196. The molecular weight excluding hydrogens is 350 g/mol. The first-order valence-electron chi connectivity index (χ1n) is 9.50. The fourth-order valence-electron chi connectivity index (χ4n) is 5.13. The molecular formula is C20H28ClN3O2. The van der Waals surface area contributed by atoms with Gasteiger partial charge in [-0.3, -0.25) is 9.59 Å². The molecule has 2 bridgehead atoms. The minimum absolute atomic E-state index is 0. The van der Waals surface area contributed by atoms with Crippen molar-refractivity contribution in [2.75, 3.05) is 11.4 Å². The van der Waals surface area contributed by atoms with Gasteiger partial charge in [0.1, 0.15) is 0 Å². The highest BCUT2D eigenvalue weighted by Gasteiger charge is 2.40. The molecule has 1 aromatic rings. The van der Waals surface area contributed by atoms with E-state index >= 15 is 0 Å². The number of anilines is 1. The van der Waals surface area contributed by atoms with Gasteiger partial charge in [0.15, 0.2) is 0 Å². The summed E-state index contributed by atoms with van der Waals surface area (Å²) in [4.78, 5) is 26.3. The number of fused-ring (bicyclic) bond motifs is 3. The van der Waals surface area contributed by atoms with E-state index in [2.05, 4.69) is 5.32 Å². The number of hydrogen-bond donors (Lipinski definition) is 2. The fraction of sp³-hybridized carbons (Fsp3) is 0.600. The molecule has 2 saturated carbocycles. The molecule has 2 atom stereocenters. The first-order chi connectivity index (χ1) is 12.0. The predicted octanol–water partition coefficient (Wildman–Crippen LogP) is 2.65. The number of nitrogens with one attached hydrogen (secondary N) is 1. The Morgan fingerprint density at radius 2 is 1.88 bits per heavy atom. The molecule has 0 spiro atoms. The van der Waals surface area contributed by atoms with E-state index < -0.39 is 0 Å². The van der Waals surface area contributed by atoms with Crippen molar-refractivity contribution in [3.63, 3.8) is 0 Å². The number of nitrogens with zero attached hydrogens (tertiary/aromatic N) is 1. The molecule has 26 heavy (non-hydrogen) atoms. The second-order valence-electron chi connectivity index (χ2n) is 7.95. The number of halogens is 1. The molecule has 0 radical (unpaired) electrons. The Morgan fingerprint density at radius 3 is 2.54 bits per heavy atom. The van der Waals surface area contributed by atoms with Gasteiger partial charge in [0, 0.05) is 36.8 Å². The smallest absolute Gasteiger partial charge is 0.251 e. The Kier molecular flexibility index (Phi) is 5.58. The third kappa shape index (κ3) is 3.47. The van der Waals surface area contributed by atoms with Crippen molar-refractivity contribution in [2.24, 2.45) is 17.6 Å². The molecule has 2 unspecified atom stereocenters. The molecule has 1 aromatic carbocycles. The highest BCUT2D eigenvalue weighted by Crippen LogP contribution is 2.40. The number of rotatable bonds is 2. The van der Waals surface area contributed by atoms with Gasteiger partial charge in [-0.15, -0.1) is 12.4 Å². The molecule has 2 fully saturated rings. The van der Waals surface area contributed by atoms with Crippen molar-refractivity contribution in [1.29, 1.82) is 0 Å². The minimum atomic E-state index is 0. The van der Waals surface area contributed by atoms with Gasteiger partial charge in [-0.05, 0) is 67.7 Å². The van der Waals surface area contributed by atoms with Crippen LogP contribution in [-0.4, -0.2) is 30.4 Å². The molecule has 2 aliphatic carbocycles. The summed E-state index contributed by atoms with van der Waals surface area (Å²) in [7, 11) is 0. The van der Waals surface area contributed by atoms with Crippen LogP contribution in [0, 0.1) is 11.8 Å². The van der Waals surface area contributed by atoms with Crippen LogP contribution < -0.4 is 16.0 Å². The summed E-state index contributed by atoms with van der Waals surface area (Å²) in [5.41, 5.74) is 8.93. The van der Waals surface area contributed by atoms with Crippen molar-refractivity contribution in [3.8, 4) is 0 Å². The van der Waals surface area contributed by atoms with Crippen molar-refractivity contribution in [1.82, 2.24) is 5.32 Å². The summed E-state index contributed by atoms with van der Waals surface area (Å²) in [6, 6.07) is 6.28. The average Bonchev–Trinajstić information content (AvgIpc) is 2.99. The van der Waals surface area contributed by atoms with E-state index in [9.17, 15) is 9.59 Å². The lowest BCUT2D eigenvalue weighted by atomic mass is 9.67. The Morgan fingerprint density at radius 1 is 1.19 bits per heavy atom. The predicted molar refractivity (Wildman–Crippen MR) is 105 cm³/mol. The van der Waals surface area contributed by atoms with Crippen LogP contribution in [0.3, 0.4) is 0 Å². The summed E-state index contributed by atoms with van der Waals surface area (Å²) in [5.74, 6) is 1.12. The molecule has 5 nitrogen and oxygen atoms in total. The molecule has 0 saturated heterocycles. The van der Waals surface area contributed by atoms with Gasteiger partial charge < -0.3 is 16.0 Å². The number of nitrogens with two attached hydrogens (primary N) is 1. The van der Waals surface area contributed by atoms with Gasteiger partial charge in [-0.2, -0.15) is 0 Å². The van der Waals surface area contributed by atoms with Crippen molar-refractivity contribution < 1.29 is 9.59 Å². The minimum Gasteiger partial charge on any atom is -0.349 e. The van der Waals surface area contributed by atoms with E-state index in [4.69, 9.17) is 5.73 Å². The van der Waals surface area contributed by atoms with Crippen molar-refractivity contribution in [2.45, 2.75) is 57.5 Å². The van der Waals surface area contributed by atoms with Gasteiger partial charge in [-0.1, -0.05) is 6.42 Å². The number of carbonyl (C=O) groups excluding carboxylic acids is 2. The van der Waals surface area contributed by atoms with Crippen LogP contribution in [0.1, 0.15) is 54.9 Å². The number of hydrogen-bond acceptors (Lipinski definition) is 3. The molecule has 3 N–H and O–H groups in total. The maximum absolute atomic E-state index is 12.8. The second-order valence-corrected chi connectivity index (χ2v) is 7.95. The molecule has 4 rings (SSSR count). The standard InChI is InChI=1S/C20H27N3O2.ClH/c1-12(24)23-8-7-13-9-16(5-6-18(13)23)20(25)22-19-14-3-2-4-15(19)11-17(21)10-14;/h5-6,9,14-15,17,19H,2-4,7-8,10-11,21H2,1H3,(H,22,25);1H. The van der Waals surface area contributed by atoms with Crippen molar-refractivity contribution in [3.05, 3.63) is 29.3 Å².